The number of fused-ring (bicyclic) bond motifs is 1. The molecule has 1 heterocycles. The van der Waals surface area contributed by atoms with Crippen LogP contribution in [0.5, 0.6) is 0 Å². The number of halogens is 1. The molecule has 2 rings (SSSR count). The Bertz CT molecular complexity index is 408. The molecular formula is C9H8ClNS. The number of aromatic nitrogens is 1. The van der Waals surface area contributed by atoms with E-state index in [9.17, 15) is 0 Å². The average Bonchev–Trinajstić information content (AvgIpc) is 2.44. The Balaban J connectivity index is 2.78. The highest BCUT2D eigenvalue weighted by Gasteiger charge is 2.03. The maximum Gasteiger partial charge on any atom is 0.0907 e. The van der Waals surface area contributed by atoms with Gasteiger partial charge in [0.15, 0.2) is 0 Å². The predicted molar refractivity (Wildman–Crippen MR) is 53.9 cm³/mol. The molecule has 62 valence electrons. The average molecular weight is 198 g/mol. The Labute approximate surface area is 80.0 Å². The van der Waals surface area contributed by atoms with Crippen LogP contribution in [0, 0.1) is 6.92 Å². The number of para-hydroxylation sites is 1. The van der Waals surface area contributed by atoms with Gasteiger partial charge in [0.05, 0.1) is 15.2 Å². The number of benzene rings is 1. The Morgan fingerprint density at radius 2 is 2.33 bits per heavy atom. The molecule has 0 amide bonds. The lowest BCUT2D eigenvalue weighted by atomic mass is 10.2. The fourth-order valence-electron chi connectivity index (χ4n) is 1.22. The summed E-state index contributed by atoms with van der Waals surface area (Å²) >= 11 is 7.49. The second-order valence-corrected chi connectivity index (χ2v) is 4.13. The fourth-order valence-corrected chi connectivity index (χ4v) is 2.32. The summed E-state index contributed by atoms with van der Waals surface area (Å²) in [6.45, 7) is 2.02. The van der Waals surface area contributed by atoms with Crippen LogP contribution in [0.3, 0.4) is 0 Å². The van der Waals surface area contributed by atoms with E-state index in [1.165, 1.54) is 4.70 Å². The zero-order valence-corrected chi connectivity index (χ0v) is 8.25. The van der Waals surface area contributed by atoms with E-state index in [4.69, 9.17) is 11.6 Å². The highest BCUT2D eigenvalue weighted by atomic mass is 35.5. The molecule has 0 atom stereocenters. The number of hydrogen-bond acceptors (Lipinski definition) is 2. The van der Waals surface area contributed by atoms with E-state index in [0.29, 0.717) is 5.88 Å². The van der Waals surface area contributed by atoms with Gasteiger partial charge in [0.1, 0.15) is 0 Å². The first-order valence-electron chi connectivity index (χ1n) is 3.72. The van der Waals surface area contributed by atoms with E-state index < -0.39 is 0 Å². The predicted octanol–water partition coefficient (Wildman–Crippen LogP) is 3.34. The molecule has 0 aliphatic carbocycles. The summed E-state index contributed by atoms with van der Waals surface area (Å²) in [5, 5.41) is 1.10. The van der Waals surface area contributed by atoms with Crippen LogP contribution >= 0.6 is 22.9 Å². The van der Waals surface area contributed by atoms with Crippen molar-refractivity contribution in [3.63, 3.8) is 0 Å². The molecule has 0 fully saturated rings. The molecule has 12 heavy (non-hydrogen) atoms. The molecule has 0 unspecified atom stereocenters. The van der Waals surface area contributed by atoms with Crippen LogP contribution in [-0.4, -0.2) is 4.98 Å². The maximum atomic E-state index is 5.78. The van der Waals surface area contributed by atoms with Crippen LogP contribution in [0.25, 0.3) is 10.2 Å². The van der Waals surface area contributed by atoms with E-state index in [0.717, 1.165) is 16.1 Å². The number of nitrogens with zero attached hydrogens (tertiary/aromatic N) is 1. The van der Waals surface area contributed by atoms with Crippen LogP contribution in [0.4, 0.5) is 0 Å². The summed E-state index contributed by atoms with van der Waals surface area (Å²) in [7, 11) is 0. The van der Waals surface area contributed by atoms with Crippen molar-refractivity contribution in [2.75, 3.05) is 0 Å². The summed E-state index contributed by atoms with van der Waals surface area (Å²) in [4.78, 5) is 4.42. The number of aryl methyl sites for hydroxylation is 1. The lowest BCUT2D eigenvalue weighted by Gasteiger charge is -1.94. The van der Waals surface area contributed by atoms with Crippen molar-refractivity contribution in [2.24, 2.45) is 0 Å². The van der Waals surface area contributed by atoms with E-state index >= 15 is 0 Å². The zero-order valence-electron chi connectivity index (χ0n) is 6.67. The van der Waals surface area contributed by atoms with Crippen molar-refractivity contribution in [1.82, 2.24) is 4.98 Å². The van der Waals surface area contributed by atoms with E-state index in [2.05, 4.69) is 11.1 Å². The molecular weight excluding hydrogens is 190 g/mol. The molecule has 0 aliphatic rings. The van der Waals surface area contributed by atoms with Gasteiger partial charge < -0.3 is 0 Å². The minimum absolute atomic E-state index is 0.542. The zero-order chi connectivity index (χ0) is 8.55. The molecule has 3 heteroatoms. The minimum atomic E-state index is 0.542. The maximum absolute atomic E-state index is 5.78. The number of alkyl halides is 1. The van der Waals surface area contributed by atoms with Gasteiger partial charge in [0, 0.05) is 5.88 Å². The van der Waals surface area contributed by atoms with Crippen LogP contribution in [0.15, 0.2) is 18.2 Å². The van der Waals surface area contributed by atoms with Crippen molar-refractivity contribution in [1.29, 1.82) is 0 Å². The normalized spacial score (nSPS) is 10.8. The molecule has 1 nitrogen and oxygen atoms in total. The van der Waals surface area contributed by atoms with E-state index in [1.807, 2.05) is 19.1 Å². The van der Waals surface area contributed by atoms with Crippen molar-refractivity contribution in [3.8, 4) is 0 Å². The standard InChI is InChI=1S/C9H8ClNS/c1-6-11-9-7(5-10)3-2-4-8(9)12-6/h2-4H,5H2,1H3. The Morgan fingerprint density at radius 1 is 1.50 bits per heavy atom. The largest absolute Gasteiger partial charge is 0.241 e. The van der Waals surface area contributed by atoms with E-state index in [1.54, 1.807) is 11.3 Å². The van der Waals surface area contributed by atoms with Crippen molar-refractivity contribution in [2.45, 2.75) is 12.8 Å². The third-order valence-corrected chi connectivity index (χ3v) is 2.98. The van der Waals surface area contributed by atoms with Gasteiger partial charge in [-0.05, 0) is 18.6 Å². The lowest BCUT2D eigenvalue weighted by molar-refractivity contribution is 1.31. The molecule has 0 spiro atoms. The third kappa shape index (κ3) is 1.21. The number of thiazole rings is 1. The first-order valence-corrected chi connectivity index (χ1v) is 5.07. The highest BCUT2D eigenvalue weighted by molar-refractivity contribution is 7.18. The first kappa shape index (κ1) is 8.02. The molecule has 1 aromatic carbocycles. The summed E-state index contributed by atoms with van der Waals surface area (Å²) in [5.41, 5.74) is 2.19. The summed E-state index contributed by atoms with van der Waals surface area (Å²) < 4.78 is 1.23. The van der Waals surface area contributed by atoms with Gasteiger partial charge in [0.2, 0.25) is 0 Å². The van der Waals surface area contributed by atoms with Gasteiger partial charge in [-0.2, -0.15) is 0 Å². The second-order valence-electron chi connectivity index (χ2n) is 2.63. The van der Waals surface area contributed by atoms with Crippen LogP contribution < -0.4 is 0 Å². The van der Waals surface area contributed by atoms with Gasteiger partial charge in [-0.1, -0.05) is 12.1 Å². The minimum Gasteiger partial charge on any atom is -0.241 e. The Morgan fingerprint density at radius 3 is 3.08 bits per heavy atom. The molecule has 0 N–H and O–H groups in total. The van der Waals surface area contributed by atoms with Gasteiger partial charge in [0.25, 0.3) is 0 Å². The molecule has 0 aliphatic heterocycles. The van der Waals surface area contributed by atoms with Crippen LogP contribution in [0.1, 0.15) is 10.6 Å². The summed E-state index contributed by atoms with van der Waals surface area (Å²) in [6, 6.07) is 6.13. The van der Waals surface area contributed by atoms with Crippen LogP contribution in [0.2, 0.25) is 0 Å². The topological polar surface area (TPSA) is 12.9 Å². The first-order chi connectivity index (χ1) is 5.81. The van der Waals surface area contributed by atoms with Crippen molar-refractivity contribution < 1.29 is 0 Å². The summed E-state index contributed by atoms with van der Waals surface area (Å²) in [6.07, 6.45) is 0. The number of hydrogen-bond donors (Lipinski definition) is 0. The molecule has 0 saturated heterocycles. The fraction of sp³-hybridized carbons (Fsp3) is 0.222. The molecule has 1 aromatic heterocycles. The van der Waals surface area contributed by atoms with E-state index in [-0.39, 0.29) is 0 Å². The molecule has 2 aromatic rings. The van der Waals surface area contributed by atoms with Gasteiger partial charge in [-0.25, -0.2) is 4.98 Å². The van der Waals surface area contributed by atoms with Crippen LogP contribution in [-0.2, 0) is 5.88 Å². The number of rotatable bonds is 1. The van der Waals surface area contributed by atoms with Gasteiger partial charge >= 0.3 is 0 Å². The van der Waals surface area contributed by atoms with Gasteiger partial charge in [-0.15, -0.1) is 22.9 Å². The molecule has 0 saturated carbocycles. The third-order valence-electron chi connectivity index (χ3n) is 1.75. The van der Waals surface area contributed by atoms with Crippen molar-refractivity contribution in [3.05, 3.63) is 28.8 Å². The monoisotopic (exact) mass is 197 g/mol. The van der Waals surface area contributed by atoms with Crippen molar-refractivity contribution >= 4 is 33.2 Å². The second kappa shape index (κ2) is 3.04. The Kier molecular flexibility index (Phi) is 2.03. The SMILES string of the molecule is Cc1nc2c(CCl)cccc2s1. The lowest BCUT2D eigenvalue weighted by Crippen LogP contribution is -1.79. The molecule has 0 radical (unpaired) electrons. The molecule has 0 bridgehead atoms. The quantitative estimate of drug-likeness (QED) is 0.639. The van der Waals surface area contributed by atoms with Gasteiger partial charge in [-0.3, -0.25) is 0 Å². The summed E-state index contributed by atoms with van der Waals surface area (Å²) in [5.74, 6) is 0.542. The smallest absolute Gasteiger partial charge is 0.0907 e. The Hall–Kier alpha value is -0.600. The highest BCUT2D eigenvalue weighted by Crippen LogP contribution is 2.24.